The summed E-state index contributed by atoms with van der Waals surface area (Å²) in [6, 6.07) is 18.1. The highest BCUT2D eigenvalue weighted by Gasteiger charge is 2.27. The minimum absolute atomic E-state index is 0.653. The molecule has 0 aliphatic carbocycles. The Balaban J connectivity index is 1.35. The zero-order valence-electron chi connectivity index (χ0n) is 17.6. The summed E-state index contributed by atoms with van der Waals surface area (Å²) in [5.41, 5.74) is 5.97. The topological polar surface area (TPSA) is 9.72 Å². The van der Waals surface area contributed by atoms with E-state index in [4.69, 9.17) is 34.8 Å². The molecular weight excluding hydrogens is 449 g/mol. The molecule has 0 spiro atoms. The molecule has 0 N–H and O–H groups in total. The first-order chi connectivity index (χ1) is 14.9. The van der Waals surface area contributed by atoms with Gasteiger partial charge < -0.3 is 4.90 Å². The summed E-state index contributed by atoms with van der Waals surface area (Å²) in [4.78, 5) is 7.36. The fourth-order valence-electron chi connectivity index (χ4n) is 4.27. The molecular formula is C25H26Cl3N3. The largest absolute Gasteiger partial charge is 0.365 e. The minimum Gasteiger partial charge on any atom is -0.365 e. The summed E-state index contributed by atoms with van der Waals surface area (Å²) in [5.74, 6) is 6.55. The van der Waals surface area contributed by atoms with Crippen molar-refractivity contribution in [2.75, 3.05) is 39.9 Å². The predicted octanol–water partition coefficient (Wildman–Crippen LogP) is 5.23. The molecule has 2 aliphatic rings. The fourth-order valence-corrected chi connectivity index (χ4v) is 4.64. The van der Waals surface area contributed by atoms with Crippen LogP contribution in [0.3, 0.4) is 0 Å². The second kappa shape index (κ2) is 9.86. The third-order valence-corrected chi connectivity index (χ3v) is 6.43. The Kier molecular flexibility index (Phi) is 7.16. The Hall–Kier alpha value is -1.67. The Bertz CT molecular complexity index is 985. The lowest BCUT2D eigenvalue weighted by Crippen LogP contribution is -2.47. The molecule has 0 unspecified atom stereocenters. The van der Waals surface area contributed by atoms with Crippen molar-refractivity contribution in [1.82, 2.24) is 14.7 Å². The van der Waals surface area contributed by atoms with Gasteiger partial charge in [-0.25, -0.2) is 0 Å². The average Bonchev–Trinajstić information content (AvgIpc) is 2.74. The first-order valence-corrected chi connectivity index (χ1v) is 11.6. The van der Waals surface area contributed by atoms with Gasteiger partial charge in [0, 0.05) is 56.5 Å². The highest BCUT2D eigenvalue weighted by Crippen LogP contribution is 2.37. The number of alkyl halides is 3. The molecule has 0 radical (unpaired) electrons. The van der Waals surface area contributed by atoms with Crippen LogP contribution in [0.1, 0.15) is 23.1 Å². The molecule has 0 saturated heterocycles. The smallest absolute Gasteiger partial charge is 0.216 e. The lowest BCUT2D eigenvalue weighted by atomic mass is 10.0. The molecule has 2 aromatic carbocycles. The molecule has 0 aromatic heterocycles. The minimum atomic E-state index is -1.40. The number of benzene rings is 2. The molecule has 31 heavy (non-hydrogen) atoms. The average molecular weight is 475 g/mol. The summed E-state index contributed by atoms with van der Waals surface area (Å²) in [5, 5.41) is 0. The van der Waals surface area contributed by atoms with Gasteiger partial charge in [0.2, 0.25) is 3.79 Å². The standard InChI is InChI=1S/C25H26Cl3N3/c1-29-19-31(16-21-6-3-2-4-7-21)18-22-17-30(15-13-24(22)29)14-5-8-20-9-11-23(12-10-20)25(26,27)28/h2-4,6-7,9-12H,13-19H2,1H3. The van der Waals surface area contributed by atoms with Crippen molar-refractivity contribution in [2.45, 2.75) is 16.8 Å². The van der Waals surface area contributed by atoms with Gasteiger partial charge in [-0.05, 0) is 23.3 Å². The van der Waals surface area contributed by atoms with Gasteiger partial charge in [0.15, 0.2) is 0 Å². The van der Waals surface area contributed by atoms with E-state index in [2.05, 4.69) is 63.9 Å². The molecule has 2 aliphatic heterocycles. The van der Waals surface area contributed by atoms with E-state index in [9.17, 15) is 0 Å². The van der Waals surface area contributed by atoms with E-state index in [1.807, 2.05) is 24.3 Å². The molecule has 2 aromatic rings. The Morgan fingerprint density at radius 3 is 2.35 bits per heavy atom. The number of hydrogen-bond acceptors (Lipinski definition) is 3. The van der Waals surface area contributed by atoms with Crippen LogP contribution < -0.4 is 0 Å². The predicted molar refractivity (Wildman–Crippen MR) is 130 cm³/mol. The number of hydrogen-bond donors (Lipinski definition) is 0. The van der Waals surface area contributed by atoms with Crippen molar-refractivity contribution in [2.24, 2.45) is 0 Å². The third-order valence-electron chi connectivity index (χ3n) is 5.77. The quantitative estimate of drug-likeness (QED) is 0.445. The lowest BCUT2D eigenvalue weighted by molar-refractivity contribution is 0.137. The summed E-state index contributed by atoms with van der Waals surface area (Å²) in [7, 11) is 2.21. The van der Waals surface area contributed by atoms with Gasteiger partial charge in [-0.15, -0.1) is 0 Å². The molecule has 2 heterocycles. The Morgan fingerprint density at radius 2 is 1.65 bits per heavy atom. The highest BCUT2D eigenvalue weighted by molar-refractivity contribution is 6.66. The van der Waals surface area contributed by atoms with E-state index >= 15 is 0 Å². The van der Waals surface area contributed by atoms with E-state index in [0.717, 1.165) is 51.4 Å². The van der Waals surface area contributed by atoms with Crippen LogP contribution in [0.2, 0.25) is 0 Å². The number of nitrogens with zero attached hydrogens (tertiary/aromatic N) is 3. The molecule has 0 amide bonds. The van der Waals surface area contributed by atoms with Crippen LogP contribution in [0.15, 0.2) is 65.9 Å². The SMILES string of the molecule is CN1CN(Cc2ccccc2)CC2=C1CCN(CC#Cc1ccc(C(Cl)(Cl)Cl)cc1)C2. The molecule has 4 rings (SSSR count). The second-order valence-electron chi connectivity index (χ2n) is 8.20. The molecule has 0 saturated carbocycles. The van der Waals surface area contributed by atoms with Gasteiger partial charge in [0.1, 0.15) is 0 Å². The second-order valence-corrected chi connectivity index (χ2v) is 10.5. The third kappa shape index (κ3) is 5.98. The van der Waals surface area contributed by atoms with Gasteiger partial charge in [0.05, 0.1) is 13.2 Å². The molecule has 162 valence electrons. The molecule has 3 nitrogen and oxygen atoms in total. The molecule has 0 bridgehead atoms. The lowest BCUT2D eigenvalue weighted by Gasteiger charge is -2.42. The first kappa shape index (κ1) is 22.5. The van der Waals surface area contributed by atoms with Crippen molar-refractivity contribution in [3.8, 4) is 11.8 Å². The maximum absolute atomic E-state index is 5.92. The van der Waals surface area contributed by atoms with Crippen LogP contribution in [0.5, 0.6) is 0 Å². The van der Waals surface area contributed by atoms with Gasteiger partial charge >= 0.3 is 0 Å². The van der Waals surface area contributed by atoms with Gasteiger partial charge in [-0.2, -0.15) is 0 Å². The number of halogens is 3. The molecule has 6 heteroatoms. The number of rotatable bonds is 3. The van der Waals surface area contributed by atoms with Crippen molar-refractivity contribution < 1.29 is 0 Å². The fraction of sp³-hybridized carbons (Fsp3) is 0.360. The van der Waals surface area contributed by atoms with Crippen LogP contribution in [0, 0.1) is 11.8 Å². The van der Waals surface area contributed by atoms with Crippen molar-refractivity contribution in [3.05, 3.63) is 82.6 Å². The van der Waals surface area contributed by atoms with Gasteiger partial charge in [0.25, 0.3) is 0 Å². The van der Waals surface area contributed by atoms with Crippen molar-refractivity contribution >= 4 is 34.8 Å². The van der Waals surface area contributed by atoms with Crippen LogP contribution in [0.4, 0.5) is 0 Å². The van der Waals surface area contributed by atoms with E-state index < -0.39 is 3.79 Å². The van der Waals surface area contributed by atoms with E-state index in [1.54, 1.807) is 0 Å². The normalized spacial score (nSPS) is 17.9. The Labute approximate surface area is 200 Å². The van der Waals surface area contributed by atoms with Gasteiger partial charge in [-0.3, -0.25) is 9.80 Å². The van der Waals surface area contributed by atoms with Crippen LogP contribution in [0.25, 0.3) is 0 Å². The maximum Gasteiger partial charge on any atom is 0.216 e. The van der Waals surface area contributed by atoms with E-state index in [1.165, 1.54) is 16.8 Å². The van der Waals surface area contributed by atoms with E-state index in [-0.39, 0.29) is 0 Å². The van der Waals surface area contributed by atoms with Crippen LogP contribution in [-0.4, -0.2) is 54.6 Å². The van der Waals surface area contributed by atoms with Crippen LogP contribution in [-0.2, 0) is 10.3 Å². The maximum atomic E-state index is 5.92. The summed E-state index contributed by atoms with van der Waals surface area (Å²) in [6.07, 6.45) is 1.09. The van der Waals surface area contributed by atoms with Crippen molar-refractivity contribution in [3.63, 3.8) is 0 Å². The molecule has 0 fully saturated rings. The van der Waals surface area contributed by atoms with Crippen molar-refractivity contribution in [1.29, 1.82) is 0 Å². The molecule has 0 atom stereocenters. The summed E-state index contributed by atoms with van der Waals surface area (Å²) < 4.78 is -1.40. The first-order valence-electron chi connectivity index (χ1n) is 10.5. The highest BCUT2D eigenvalue weighted by atomic mass is 35.6. The Morgan fingerprint density at radius 1 is 0.935 bits per heavy atom. The summed E-state index contributed by atoms with van der Waals surface area (Å²) in [6.45, 7) is 5.76. The van der Waals surface area contributed by atoms with Crippen LogP contribution >= 0.6 is 34.8 Å². The summed E-state index contributed by atoms with van der Waals surface area (Å²) >= 11 is 17.7. The van der Waals surface area contributed by atoms with E-state index in [0.29, 0.717) is 5.56 Å². The zero-order chi connectivity index (χ0) is 21.8. The monoisotopic (exact) mass is 473 g/mol. The van der Waals surface area contributed by atoms with Gasteiger partial charge in [-0.1, -0.05) is 89.1 Å². The zero-order valence-corrected chi connectivity index (χ0v) is 19.9.